The minimum atomic E-state index is 0.495. The van der Waals surface area contributed by atoms with Crippen LogP contribution >= 0.6 is 15.9 Å². The first kappa shape index (κ1) is 12.7. The van der Waals surface area contributed by atoms with Crippen molar-refractivity contribution >= 4 is 27.4 Å². The van der Waals surface area contributed by atoms with Gasteiger partial charge in [-0.15, -0.1) is 0 Å². The monoisotopic (exact) mass is 297 g/mol. The van der Waals surface area contributed by atoms with Gasteiger partial charge in [0.15, 0.2) is 0 Å². The van der Waals surface area contributed by atoms with Crippen molar-refractivity contribution in [2.24, 2.45) is 11.8 Å². The van der Waals surface area contributed by atoms with Crippen LogP contribution in [0, 0.1) is 11.8 Å². The van der Waals surface area contributed by atoms with Crippen LogP contribution in [0.25, 0.3) is 0 Å². The summed E-state index contributed by atoms with van der Waals surface area (Å²) < 4.78 is 0.922. The van der Waals surface area contributed by atoms with Gasteiger partial charge in [0.2, 0.25) is 0 Å². The van der Waals surface area contributed by atoms with Gasteiger partial charge in [-0.05, 0) is 40.3 Å². The first-order valence-electron chi connectivity index (χ1n) is 6.25. The Labute approximate surface area is 111 Å². The number of rotatable bonds is 2. The van der Waals surface area contributed by atoms with Gasteiger partial charge in [-0.25, -0.2) is 4.98 Å². The lowest BCUT2D eigenvalue weighted by Gasteiger charge is -2.35. The van der Waals surface area contributed by atoms with Crippen molar-refractivity contribution in [1.82, 2.24) is 4.98 Å². The summed E-state index contributed by atoms with van der Waals surface area (Å²) in [6, 6.07) is 2.39. The number of nitrogens with zero attached hydrogens (tertiary/aromatic N) is 1. The predicted molar refractivity (Wildman–Crippen MR) is 75.9 cm³/mol. The average Bonchev–Trinajstić information content (AvgIpc) is 2.28. The molecule has 1 aromatic heterocycles. The molecule has 4 heteroatoms. The maximum Gasteiger partial charge on any atom is 0.149 e. The number of nitrogens with one attached hydrogen (secondary N) is 1. The van der Waals surface area contributed by atoms with Crippen molar-refractivity contribution in [1.29, 1.82) is 0 Å². The van der Waals surface area contributed by atoms with Crippen LogP contribution in [0.2, 0.25) is 0 Å². The Morgan fingerprint density at radius 3 is 2.88 bits per heavy atom. The zero-order chi connectivity index (χ0) is 12.4. The number of hydrogen-bond donors (Lipinski definition) is 2. The summed E-state index contributed by atoms with van der Waals surface area (Å²) in [7, 11) is 0. The summed E-state index contributed by atoms with van der Waals surface area (Å²) in [5.74, 6) is 2.27. The molecule has 17 heavy (non-hydrogen) atoms. The Hall–Kier alpha value is -0.770. The minimum Gasteiger partial charge on any atom is -0.396 e. The fraction of sp³-hybridized carbons (Fsp3) is 0.615. The van der Waals surface area contributed by atoms with Crippen LogP contribution in [0.4, 0.5) is 11.5 Å². The van der Waals surface area contributed by atoms with Crippen molar-refractivity contribution in [2.45, 2.75) is 39.2 Å². The lowest BCUT2D eigenvalue weighted by atomic mass is 9.78. The third-order valence-electron chi connectivity index (χ3n) is 3.91. The topological polar surface area (TPSA) is 50.9 Å². The zero-order valence-electron chi connectivity index (χ0n) is 10.4. The first-order valence-corrected chi connectivity index (χ1v) is 7.05. The van der Waals surface area contributed by atoms with E-state index in [2.05, 4.69) is 40.1 Å². The molecule has 1 heterocycles. The fourth-order valence-corrected chi connectivity index (χ4v) is 2.89. The quantitative estimate of drug-likeness (QED) is 0.876. The van der Waals surface area contributed by atoms with E-state index in [0.29, 0.717) is 17.6 Å². The van der Waals surface area contributed by atoms with Crippen molar-refractivity contribution in [3.05, 3.63) is 16.7 Å². The highest BCUT2D eigenvalue weighted by atomic mass is 79.9. The lowest BCUT2D eigenvalue weighted by Crippen LogP contribution is -2.35. The molecule has 3 N–H and O–H groups in total. The molecular formula is C13H20BrN3. The molecule has 3 atom stereocenters. The van der Waals surface area contributed by atoms with E-state index in [-0.39, 0.29) is 0 Å². The van der Waals surface area contributed by atoms with Crippen LogP contribution < -0.4 is 11.1 Å². The van der Waals surface area contributed by atoms with Gasteiger partial charge < -0.3 is 11.1 Å². The van der Waals surface area contributed by atoms with Gasteiger partial charge in [-0.2, -0.15) is 0 Å². The van der Waals surface area contributed by atoms with Crippen molar-refractivity contribution < 1.29 is 0 Å². The van der Waals surface area contributed by atoms with E-state index >= 15 is 0 Å². The minimum absolute atomic E-state index is 0.495. The second-order valence-electron chi connectivity index (χ2n) is 5.11. The van der Waals surface area contributed by atoms with E-state index < -0.39 is 0 Å². The Bertz CT molecular complexity index is 394. The summed E-state index contributed by atoms with van der Waals surface area (Å²) in [6.07, 6.45) is 5.63. The zero-order valence-corrected chi connectivity index (χ0v) is 12.0. The van der Waals surface area contributed by atoms with Gasteiger partial charge in [0.25, 0.3) is 0 Å². The molecule has 0 amide bonds. The maximum absolute atomic E-state index is 5.96. The Kier molecular flexibility index (Phi) is 3.92. The molecular weight excluding hydrogens is 278 g/mol. The molecule has 1 fully saturated rings. The molecule has 0 spiro atoms. The van der Waals surface area contributed by atoms with E-state index in [9.17, 15) is 0 Å². The molecule has 0 aromatic carbocycles. The van der Waals surface area contributed by atoms with E-state index in [1.165, 1.54) is 19.3 Å². The highest BCUT2D eigenvalue weighted by Crippen LogP contribution is 2.32. The Morgan fingerprint density at radius 1 is 1.41 bits per heavy atom. The van der Waals surface area contributed by atoms with Crippen LogP contribution in [0.1, 0.15) is 33.1 Å². The molecule has 2 rings (SSSR count). The Balaban J connectivity index is 2.09. The van der Waals surface area contributed by atoms with Gasteiger partial charge >= 0.3 is 0 Å². The second kappa shape index (κ2) is 5.25. The number of aromatic nitrogens is 1. The highest BCUT2D eigenvalue weighted by Gasteiger charge is 2.27. The molecule has 0 aliphatic heterocycles. The highest BCUT2D eigenvalue weighted by molar-refractivity contribution is 9.10. The number of nitrogen functional groups attached to an aromatic ring is 1. The van der Waals surface area contributed by atoms with Gasteiger partial charge in [-0.1, -0.05) is 26.7 Å². The van der Waals surface area contributed by atoms with Gasteiger partial charge in [0.1, 0.15) is 5.82 Å². The van der Waals surface area contributed by atoms with Gasteiger partial charge in [-0.3, -0.25) is 0 Å². The van der Waals surface area contributed by atoms with Crippen LogP contribution in [-0.4, -0.2) is 11.0 Å². The summed E-state index contributed by atoms with van der Waals surface area (Å²) in [4.78, 5) is 4.35. The SMILES string of the molecule is CC1CCCC(Nc2ncc(Br)cc2N)C1C. The summed E-state index contributed by atoms with van der Waals surface area (Å²) >= 11 is 3.37. The van der Waals surface area contributed by atoms with E-state index in [1.54, 1.807) is 6.20 Å². The molecule has 3 nitrogen and oxygen atoms in total. The molecule has 1 aliphatic carbocycles. The standard InChI is InChI=1S/C13H20BrN3/c1-8-4-3-5-12(9(8)2)17-13-11(15)6-10(14)7-16-13/h6-9,12H,3-5,15H2,1-2H3,(H,16,17). The Morgan fingerprint density at radius 2 is 2.18 bits per heavy atom. The molecule has 3 unspecified atom stereocenters. The predicted octanol–water partition coefficient (Wildman–Crippen LogP) is 3.66. The average molecular weight is 298 g/mol. The van der Waals surface area contributed by atoms with Crippen molar-refractivity contribution in [3.63, 3.8) is 0 Å². The largest absolute Gasteiger partial charge is 0.396 e. The molecule has 1 aliphatic rings. The number of anilines is 2. The number of halogens is 1. The van der Waals surface area contributed by atoms with Crippen molar-refractivity contribution in [3.8, 4) is 0 Å². The summed E-state index contributed by atoms with van der Waals surface area (Å²) in [5.41, 5.74) is 6.68. The van der Waals surface area contributed by atoms with Gasteiger partial charge in [0.05, 0.1) is 5.69 Å². The molecule has 0 radical (unpaired) electrons. The van der Waals surface area contributed by atoms with Crippen molar-refractivity contribution in [2.75, 3.05) is 11.1 Å². The smallest absolute Gasteiger partial charge is 0.149 e. The van der Waals surface area contributed by atoms with E-state index in [0.717, 1.165) is 16.2 Å². The second-order valence-corrected chi connectivity index (χ2v) is 6.03. The third-order valence-corrected chi connectivity index (χ3v) is 4.35. The molecule has 0 bridgehead atoms. The lowest BCUT2D eigenvalue weighted by molar-refractivity contribution is 0.253. The summed E-state index contributed by atoms with van der Waals surface area (Å²) in [6.45, 7) is 4.65. The normalized spacial score (nSPS) is 29.0. The van der Waals surface area contributed by atoms with E-state index in [4.69, 9.17) is 5.73 Å². The first-order chi connectivity index (χ1) is 8.08. The number of nitrogens with two attached hydrogens (primary N) is 1. The maximum atomic E-state index is 5.96. The van der Waals surface area contributed by atoms with Crippen LogP contribution in [0.5, 0.6) is 0 Å². The van der Waals surface area contributed by atoms with Crippen LogP contribution in [0.3, 0.4) is 0 Å². The molecule has 1 saturated carbocycles. The number of hydrogen-bond acceptors (Lipinski definition) is 3. The molecule has 94 valence electrons. The fourth-order valence-electron chi connectivity index (χ4n) is 2.54. The molecule has 0 saturated heterocycles. The van der Waals surface area contributed by atoms with E-state index in [1.807, 2.05) is 6.07 Å². The van der Waals surface area contributed by atoms with Crippen LogP contribution in [-0.2, 0) is 0 Å². The molecule has 1 aromatic rings. The third kappa shape index (κ3) is 2.92. The van der Waals surface area contributed by atoms with Crippen LogP contribution in [0.15, 0.2) is 16.7 Å². The summed E-state index contributed by atoms with van der Waals surface area (Å²) in [5, 5.41) is 3.50. The van der Waals surface area contributed by atoms with Gasteiger partial charge in [0, 0.05) is 16.7 Å². The number of pyridine rings is 1.